The third-order valence-electron chi connectivity index (χ3n) is 2.66. The van der Waals surface area contributed by atoms with Crippen LogP contribution in [-0.2, 0) is 0 Å². The number of nitrogens with zero attached hydrogens (tertiary/aromatic N) is 2. The van der Waals surface area contributed by atoms with Gasteiger partial charge in [0.2, 0.25) is 0 Å². The molecule has 0 saturated carbocycles. The maximum atomic E-state index is 11.6. The first-order chi connectivity index (χ1) is 10.4. The van der Waals surface area contributed by atoms with Gasteiger partial charge in [0.15, 0.2) is 0 Å². The third-order valence-corrected chi connectivity index (χ3v) is 2.66. The van der Waals surface area contributed by atoms with E-state index in [1.165, 1.54) is 12.1 Å². The predicted molar refractivity (Wildman–Crippen MR) is 74.2 cm³/mol. The molecule has 1 aromatic carbocycles. The third kappa shape index (κ3) is 4.86. The van der Waals surface area contributed by atoms with Gasteiger partial charge in [-0.15, -0.1) is 0 Å². The molecule has 0 fully saturated rings. The Labute approximate surface area is 124 Å². The molecule has 0 radical (unpaired) electrons. The fourth-order valence-electron chi connectivity index (χ4n) is 1.40. The molecule has 0 spiro atoms. The van der Waals surface area contributed by atoms with Gasteiger partial charge in [-0.25, -0.2) is 5.43 Å². The lowest BCUT2D eigenvalue weighted by molar-refractivity contribution is -0.384. The van der Waals surface area contributed by atoms with Gasteiger partial charge >= 0.3 is 0 Å². The number of nitro groups is 1. The van der Waals surface area contributed by atoms with Gasteiger partial charge in [-0.2, -0.15) is 5.10 Å². The number of nitro benzene ring substituents is 1. The SMILES string of the molecule is O=C(NN=C[C@@H](O)[C@@H](O)[C@H](O)CO)c1ccc([N+](=O)[O-])cc1. The lowest BCUT2D eigenvalue weighted by atomic mass is 10.1. The minimum absolute atomic E-state index is 0.105. The molecule has 0 saturated heterocycles. The highest BCUT2D eigenvalue weighted by atomic mass is 16.6. The largest absolute Gasteiger partial charge is 0.394 e. The zero-order chi connectivity index (χ0) is 16.7. The molecule has 0 aliphatic heterocycles. The molecular weight excluding hydrogens is 298 g/mol. The van der Waals surface area contributed by atoms with E-state index < -0.39 is 35.7 Å². The van der Waals surface area contributed by atoms with Crippen molar-refractivity contribution < 1.29 is 30.1 Å². The highest BCUT2D eigenvalue weighted by Gasteiger charge is 2.22. The number of benzene rings is 1. The topological polar surface area (TPSA) is 166 Å². The van der Waals surface area contributed by atoms with Crippen LogP contribution in [0.1, 0.15) is 10.4 Å². The van der Waals surface area contributed by atoms with Gasteiger partial charge < -0.3 is 20.4 Å². The maximum Gasteiger partial charge on any atom is 0.271 e. The average molecular weight is 313 g/mol. The van der Waals surface area contributed by atoms with Gasteiger partial charge in [-0.1, -0.05) is 0 Å². The van der Waals surface area contributed by atoms with Crippen LogP contribution in [0.2, 0.25) is 0 Å². The molecule has 0 aliphatic carbocycles. The molecule has 5 N–H and O–H groups in total. The molecule has 10 nitrogen and oxygen atoms in total. The first-order valence-corrected chi connectivity index (χ1v) is 6.10. The Bertz CT molecular complexity index is 546. The minimum Gasteiger partial charge on any atom is -0.394 e. The van der Waals surface area contributed by atoms with E-state index in [0.717, 1.165) is 18.3 Å². The Hall–Kier alpha value is -2.40. The summed E-state index contributed by atoms with van der Waals surface area (Å²) < 4.78 is 0. The second-order valence-corrected chi connectivity index (χ2v) is 4.25. The van der Waals surface area contributed by atoms with Crippen molar-refractivity contribution >= 4 is 17.8 Å². The number of hydrogen-bond donors (Lipinski definition) is 5. The summed E-state index contributed by atoms with van der Waals surface area (Å²) in [5.41, 5.74) is 1.97. The summed E-state index contributed by atoms with van der Waals surface area (Å²) >= 11 is 0. The van der Waals surface area contributed by atoms with E-state index in [2.05, 4.69) is 5.10 Å². The Morgan fingerprint density at radius 1 is 1.32 bits per heavy atom. The molecule has 3 atom stereocenters. The van der Waals surface area contributed by atoms with Crippen molar-refractivity contribution in [1.82, 2.24) is 5.43 Å². The Morgan fingerprint density at radius 3 is 2.41 bits per heavy atom. The number of amides is 1. The first-order valence-electron chi connectivity index (χ1n) is 6.10. The summed E-state index contributed by atoms with van der Waals surface area (Å²) in [5.74, 6) is -0.685. The van der Waals surface area contributed by atoms with Crippen LogP contribution in [0.15, 0.2) is 29.4 Å². The number of carbonyl (C=O) groups is 1. The Balaban J connectivity index is 2.58. The molecule has 0 aliphatic rings. The zero-order valence-corrected chi connectivity index (χ0v) is 11.2. The second-order valence-electron chi connectivity index (χ2n) is 4.25. The number of rotatable bonds is 7. The Morgan fingerprint density at radius 2 is 1.91 bits per heavy atom. The molecule has 1 rings (SSSR count). The monoisotopic (exact) mass is 313 g/mol. The van der Waals surface area contributed by atoms with Gasteiger partial charge in [0.25, 0.3) is 11.6 Å². The highest BCUT2D eigenvalue weighted by molar-refractivity contribution is 5.94. The van der Waals surface area contributed by atoms with Gasteiger partial charge in [0.1, 0.15) is 18.3 Å². The van der Waals surface area contributed by atoms with Crippen LogP contribution in [0.3, 0.4) is 0 Å². The molecule has 120 valence electrons. The molecular formula is C12H15N3O7. The number of non-ortho nitro benzene ring substituents is 1. The number of nitrogens with one attached hydrogen (secondary N) is 1. The fraction of sp³-hybridized carbons (Fsp3) is 0.333. The van der Waals surface area contributed by atoms with Crippen molar-refractivity contribution in [1.29, 1.82) is 0 Å². The van der Waals surface area contributed by atoms with E-state index in [-0.39, 0.29) is 11.3 Å². The van der Waals surface area contributed by atoms with Crippen molar-refractivity contribution in [2.24, 2.45) is 5.10 Å². The molecule has 1 amide bonds. The molecule has 0 bridgehead atoms. The van der Waals surface area contributed by atoms with Crippen LogP contribution in [0.4, 0.5) is 5.69 Å². The average Bonchev–Trinajstić information content (AvgIpc) is 2.53. The van der Waals surface area contributed by atoms with Crippen LogP contribution in [-0.4, -0.2) is 62.4 Å². The van der Waals surface area contributed by atoms with E-state index in [9.17, 15) is 25.1 Å². The van der Waals surface area contributed by atoms with Crippen molar-refractivity contribution in [3.63, 3.8) is 0 Å². The summed E-state index contributed by atoms with van der Waals surface area (Å²) in [7, 11) is 0. The second kappa shape index (κ2) is 8.14. The number of hydrazone groups is 1. The lowest BCUT2D eigenvalue weighted by Gasteiger charge is -2.17. The predicted octanol–water partition coefficient (Wildman–Crippen LogP) is -1.61. The smallest absolute Gasteiger partial charge is 0.271 e. The van der Waals surface area contributed by atoms with Crippen molar-refractivity contribution in [2.75, 3.05) is 6.61 Å². The summed E-state index contributed by atoms with van der Waals surface area (Å²) in [4.78, 5) is 21.5. The first kappa shape index (κ1) is 17.7. The van der Waals surface area contributed by atoms with Crippen LogP contribution in [0.25, 0.3) is 0 Å². The van der Waals surface area contributed by atoms with E-state index in [4.69, 9.17) is 10.2 Å². The van der Waals surface area contributed by atoms with E-state index in [1.807, 2.05) is 5.43 Å². The number of aliphatic hydroxyl groups is 4. The standard InChI is InChI=1S/C12H15N3O7/c16-6-10(18)11(19)9(17)5-13-14-12(20)7-1-3-8(4-2-7)15(21)22/h1-5,9-11,16-19H,6H2,(H,14,20)/t9-,10-,11-/m1/s1. The van der Waals surface area contributed by atoms with Crippen LogP contribution >= 0.6 is 0 Å². The lowest BCUT2D eigenvalue weighted by Crippen LogP contribution is -2.40. The van der Waals surface area contributed by atoms with E-state index >= 15 is 0 Å². The van der Waals surface area contributed by atoms with Crippen LogP contribution < -0.4 is 5.43 Å². The Kier molecular flexibility index (Phi) is 6.53. The maximum absolute atomic E-state index is 11.6. The van der Waals surface area contributed by atoms with Gasteiger partial charge in [0.05, 0.1) is 17.7 Å². The van der Waals surface area contributed by atoms with Gasteiger partial charge in [0, 0.05) is 17.7 Å². The van der Waals surface area contributed by atoms with E-state index in [1.54, 1.807) is 0 Å². The number of carbonyl (C=O) groups excluding carboxylic acids is 1. The number of hydrogen-bond acceptors (Lipinski definition) is 8. The fourth-order valence-corrected chi connectivity index (χ4v) is 1.40. The molecule has 0 heterocycles. The molecule has 22 heavy (non-hydrogen) atoms. The number of aliphatic hydroxyl groups excluding tert-OH is 4. The minimum atomic E-state index is -1.66. The molecule has 0 unspecified atom stereocenters. The highest BCUT2D eigenvalue weighted by Crippen LogP contribution is 2.11. The molecule has 1 aromatic rings. The van der Waals surface area contributed by atoms with Crippen LogP contribution in [0, 0.1) is 10.1 Å². The van der Waals surface area contributed by atoms with Crippen molar-refractivity contribution in [3.8, 4) is 0 Å². The van der Waals surface area contributed by atoms with Gasteiger partial charge in [-0.3, -0.25) is 14.9 Å². The van der Waals surface area contributed by atoms with Crippen molar-refractivity contribution in [3.05, 3.63) is 39.9 Å². The zero-order valence-electron chi connectivity index (χ0n) is 11.2. The summed E-state index contributed by atoms with van der Waals surface area (Å²) in [5, 5.41) is 50.3. The molecule has 10 heteroatoms. The van der Waals surface area contributed by atoms with Gasteiger partial charge in [-0.05, 0) is 12.1 Å². The summed E-state index contributed by atoms with van der Waals surface area (Å²) in [6, 6.07) is 4.75. The normalized spacial score (nSPS) is 15.3. The van der Waals surface area contributed by atoms with Crippen LogP contribution in [0.5, 0.6) is 0 Å². The van der Waals surface area contributed by atoms with E-state index in [0.29, 0.717) is 0 Å². The summed E-state index contributed by atoms with van der Waals surface area (Å²) in [6.45, 7) is -0.749. The molecule has 0 aromatic heterocycles. The quantitative estimate of drug-likeness (QED) is 0.229. The summed E-state index contributed by atoms with van der Waals surface area (Å²) in [6.07, 6.45) is -4.04. The van der Waals surface area contributed by atoms with Crippen molar-refractivity contribution in [2.45, 2.75) is 18.3 Å².